The quantitative estimate of drug-likeness (QED) is 0.729. The van der Waals surface area contributed by atoms with E-state index in [1.54, 1.807) is 6.08 Å². The minimum atomic E-state index is -0.143. The Kier molecular flexibility index (Phi) is 4.02. The summed E-state index contributed by atoms with van der Waals surface area (Å²) in [7, 11) is 0. The predicted octanol–water partition coefficient (Wildman–Crippen LogP) is 2.50. The lowest BCUT2D eigenvalue weighted by Crippen LogP contribution is -2.30. The van der Waals surface area contributed by atoms with Crippen LogP contribution < -0.4 is 0 Å². The molecule has 0 spiro atoms. The van der Waals surface area contributed by atoms with E-state index in [-0.39, 0.29) is 24.2 Å². The van der Waals surface area contributed by atoms with Gasteiger partial charge in [0.15, 0.2) is 0 Å². The Bertz CT molecular complexity index is 456. The van der Waals surface area contributed by atoms with Crippen LogP contribution in [0.15, 0.2) is 41.1 Å². The Morgan fingerprint density at radius 2 is 1.89 bits per heavy atom. The van der Waals surface area contributed by atoms with Crippen molar-refractivity contribution in [2.75, 3.05) is 13.1 Å². The first-order chi connectivity index (χ1) is 8.33. The monoisotopic (exact) mass is 264 g/mol. The number of hydrogen-bond acceptors (Lipinski definition) is 2. The molecule has 1 amide bonds. The zero-order chi connectivity index (χ0) is 11.7. The Morgan fingerprint density at radius 1 is 1.11 bits per heavy atom. The highest BCUT2D eigenvalue weighted by atomic mass is 35.5. The third kappa shape index (κ3) is 2.56. The Labute approximate surface area is 113 Å². The molecule has 0 bridgehead atoms. The molecule has 0 N–H and O–H groups in total. The fourth-order valence-corrected chi connectivity index (χ4v) is 2.59. The minimum Gasteiger partial charge on any atom is -0.372 e. The normalized spacial score (nSPS) is 26.1. The fourth-order valence-electron chi connectivity index (χ4n) is 2.59. The van der Waals surface area contributed by atoms with Crippen LogP contribution in [-0.2, 0) is 4.79 Å². The summed E-state index contributed by atoms with van der Waals surface area (Å²) in [6.07, 6.45) is 13.7. The van der Waals surface area contributed by atoms with Gasteiger partial charge in [-0.05, 0) is 37.5 Å². The number of likely N-dealkylation sites (tertiary alicyclic amines) is 1. The molecule has 0 saturated carbocycles. The van der Waals surface area contributed by atoms with Gasteiger partial charge in [-0.2, -0.15) is 0 Å². The van der Waals surface area contributed by atoms with Crippen LogP contribution in [0, 0.1) is 5.92 Å². The van der Waals surface area contributed by atoms with E-state index >= 15 is 0 Å². The molecule has 18 heavy (non-hydrogen) atoms. The van der Waals surface area contributed by atoms with Crippen molar-refractivity contribution in [1.29, 1.82) is 0 Å². The van der Waals surface area contributed by atoms with E-state index in [0.717, 1.165) is 18.8 Å². The molecule has 96 valence electrons. The molecule has 2 aliphatic heterocycles. The highest BCUT2D eigenvalue weighted by molar-refractivity contribution is 6.11. The van der Waals surface area contributed by atoms with Gasteiger partial charge in [-0.1, -0.05) is 6.08 Å². The van der Waals surface area contributed by atoms with Gasteiger partial charge >= 0.3 is 0 Å². The van der Waals surface area contributed by atoms with Crippen molar-refractivity contribution in [3.63, 3.8) is 0 Å². The molecule has 1 saturated heterocycles. The summed E-state index contributed by atoms with van der Waals surface area (Å²) < 4.78 is 0. The fraction of sp³-hybridized carbons (Fsp3) is 0.429. The van der Waals surface area contributed by atoms with Gasteiger partial charge in [0.2, 0.25) is 0 Å². The second kappa shape index (κ2) is 5.53. The number of dihydropyridines is 1. The average molecular weight is 265 g/mol. The molecule has 3 rings (SSSR count). The van der Waals surface area contributed by atoms with Crippen molar-refractivity contribution in [3.8, 4) is 0 Å². The number of halogens is 1. The molecule has 4 heteroatoms. The number of fused-ring (bicyclic) bond motifs is 1. The molecule has 0 aromatic heterocycles. The zero-order valence-electron chi connectivity index (χ0n) is 10.2. The highest BCUT2D eigenvalue weighted by Crippen LogP contribution is 2.24. The van der Waals surface area contributed by atoms with Crippen molar-refractivity contribution < 1.29 is 4.79 Å². The number of rotatable bonds is 1. The zero-order valence-corrected chi connectivity index (χ0v) is 11.0. The number of hydrogen-bond donors (Lipinski definition) is 0. The van der Waals surface area contributed by atoms with Crippen LogP contribution in [0.2, 0.25) is 0 Å². The SMILES string of the molecule is Cl.O=C1C=CC2C=C(N3CCCCC3)C=CC2=N1. The van der Waals surface area contributed by atoms with Crippen molar-refractivity contribution in [2.45, 2.75) is 19.3 Å². The predicted molar refractivity (Wildman–Crippen MR) is 75.0 cm³/mol. The topological polar surface area (TPSA) is 32.7 Å². The molecule has 0 aromatic carbocycles. The molecule has 3 nitrogen and oxygen atoms in total. The summed E-state index contributed by atoms with van der Waals surface area (Å²) in [6, 6.07) is 0. The molecule has 1 aliphatic carbocycles. The first-order valence-corrected chi connectivity index (χ1v) is 6.28. The summed E-state index contributed by atoms with van der Waals surface area (Å²) >= 11 is 0. The molecule has 0 aromatic rings. The van der Waals surface area contributed by atoms with Gasteiger partial charge in [0, 0.05) is 30.8 Å². The maximum absolute atomic E-state index is 11.2. The van der Waals surface area contributed by atoms with Crippen LogP contribution in [0.25, 0.3) is 0 Å². The van der Waals surface area contributed by atoms with E-state index < -0.39 is 0 Å². The third-order valence-corrected chi connectivity index (χ3v) is 3.52. The summed E-state index contributed by atoms with van der Waals surface area (Å²) in [5.41, 5.74) is 2.16. The Morgan fingerprint density at radius 3 is 2.67 bits per heavy atom. The average Bonchev–Trinajstić information content (AvgIpc) is 2.39. The van der Waals surface area contributed by atoms with Crippen LogP contribution in [0.4, 0.5) is 0 Å². The number of carbonyl (C=O) groups is 1. The van der Waals surface area contributed by atoms with Crippen molar-refractivity contribution in [3.05, 3.63) is 36.1 Å². The van der Waals surface area contributed by atoms with Crippen LogP contribution in [-0.4, -0.2) is 29.6 Å². The van der Waals surface area contributed by atoms with Gasteiger partial charge in [0.05, 0.1) is 5.71 Å². The molecule has 1 atom stereocenters. The van der Waals surface area contributed by atoms with Crippen LogP contribution in [0.1, 0.15) is 19.3 Å². The first kappa shape index (κ1) is 13.1. The molecular formula is C14H17ClN2O. The molecule has 3 aliphatic rings. The second-order valence-electron chi connectivity index (χ2n) is 4.73. The van der Waals surface area contributed by atoms with E-state index in [1.165, 1.54) is 25.0 Å². The maximum atomic E-state index is 11.2. The first-order valence-electron chi connectivity index (χ1n) is 6.28. The molecule has 1 unspecified atom stereocenters. The van der Waals surface area contributed by atoms with Crippen molar-refractivity contribution in [2.24, 2.45) is 10.9 Å². The number of nitrogens with zero attached hydrogens (tertiary/aromatic N) is 2. The van der Waals surface area contributed by atoms with Gasteiger partial charge in [0.25, 0.3) is 5.91 Å². The smallest absolute Gasteiger partial charge is 0.269 e. The van der Waals surface area contributed by atoms with Crippen LogP contribution in [0.5, 0.6) is 0 Å². The molecular weight excluding hydrogens is 248 g/mol. The second-order valence-corrected chi connectivity index (χ2v) is 4.73. The van der Waals surface area contributed by atoms with Gasteiger partial charge in [0.1, 0.15) is 0 Å². The highest BCUT2D eigenvalue weighted by Gasteiger charge is 2.21. The summed E-state index contributed by atoms with van der Waals surface area (Å²) in [5, 5.41) is 0. The Hall–Kier alpha value is -1.35. The number of carbonyl (C=O) groups excluding carboxylic acids is 1. The lowest BCUT2D eigenvalue weighted by atomic mass is 9.93. The van der Waals surface area contributed by atoms with E-state index in [1.807, 2.05) is 12.2 Å². The lowest BCUT2D eigenvalue weighted by molar-refractivity contribution is -0.113. The number of allylic oxidation sites excluding steroid dienone is 4. The summed E-state index contributed by atoms with van der Waals surface area (Å²) in [5.74, 6) is 0.0466. The van der Waals surface area contributed by atoms with E-state index in [9.17, 15) is 4.79 Å². The molecule has 1 fully saturated rings. The van der Waals surface area contributed by atoms with Gasteiger partial charge < -0.3 is 4.90 Å². The van der Waals surface area contributed by atoms with Crippen LogP contribution >= 0.6 is 12.4 Å². The minimum absolute atomic E-state index is 0. The Balaban J connectivity index is 0.00000120. The van der Waals surface area contributed by atoms with Gasteiger partial charge in [-0.3, -0.25) is 4.79 Å². The van der Waals surface area contributed by atoms with Crippen LogP contribution in [0.3, 0.4) is 0 Å². The number of piperidine rings is 1. The summed E-state index contributed by atoms with van der Waals surface area (Å²) in [6.45, 7) is 2.30. The maximum Gasteiger partial charge on any atom is 0.269 e. The molecule has 2 heterocycles. The van der Waals surface area contributed by atoms with E-state index in [4.69, 9.17) is 0 Å². The van der Waals surface area contributed by atoms with Gasteiger partial charge in [-0.25, -0.2) is 4.99 Å². The van der Waals surface area contributed by atoms with Crippen molar-refractivity contribution >= 4 is 24.0 Å². The molecule has 0 radical (unpaired) electrons. The summed E-state index contributed by atoms with van der Waals surface area (Å²) in [4.78, 5) is 17.6. The standard InChI is InChI=1S/C14H16N2O.ClH/c17-14-7-4-11-10-12(5-6-13(11)15-14)16-8-2-1-3-9-16;/h4-7,10-11H,1-3,8-9H2;1H. The largest absolute Gasteiger partial charge is 0.372 e. The van der Waals surface area contributed by atoms with Crippen molar-refractivity contribution in [1.82, 2.24) is 4.90 Å². The number of aliphatic imine (C=N–C) groups is 1. The van der Waals surface area contributed by atoms with Gasteiger partial charge in [-0.15, -0.1) is 12.4 Å². The third-order valence-electron chi connectivity index (χ3n) is 3.52. The van der Waals surface area contributed by atoms with E-state index in [2.05, 4.69) is 22.0 Å². The number of amides is 1. The van der Waals surface area contributed by atoms with E-state index in [0.29, 0.717) is 0 Å². The lowest BCUT2D eigenvalue weighted by Gasteiger charge is -2.32.